The lowest BCUT2D eigenvalue weighted by atomic mass is 10.0. The maximum atomic E-state index is 13.3. The van der Waals surface area contributed by atoms with E-state index >= 15 is 0 Å². The highest BCUT2D eigenvalue weighted by atomic mass is 32.2. The Hall–Kier alpha value is -2.29. The minimum atomic E-state index is -4.65. The summed E-state index contributed by atoms with van der Waals surface area (Å²) in [5, 5.41) is -0.137. The smallest absolute Gasteiger partial charge is 0.417 e. The van der Waals surface area contributed by atoms with Crippen LogP contribution in [0.5, 0.6) is 0 Å². The Morgan fingerprint density at radius 3 is 2.35 bits per heavy atom. The third-order valence-electron chi connectivity index (χ3n) is 5.62. The lowest BCUT2D eigenvalue weighted by Gasteiger charge is -2.30. The number of hydrogen-bond donors (Lipinski definition) is 0. The van der Waals surface area contributed by atoms with Gasteiger partial charge in [-0.15, -0.1) is 4.31 Å². The van der Waals surface area contributed by atoms with Crippen molar-refractivity contribution < 1.29 is 22.1 Å². The summed E-state index contributed by atoms with van der Waals surface area (Å²) in [6.07, 6.45) is -2.18. The van der Waals surface area contributed by atoms with Gasteiger partial charge in [-0.25, -0.2) is 4.79 Å². The predicted molar refractivity (Wildman–Crippen MR) is 113 cm³/mol. The third kappa shape index (κ3) is 4.97. The fraction of sp³-hybridized carbons (Fsp3) is 0.348. The van der Waals surface area contributed by atoms with E-state index in [-0.39, 0.29) is 11.0 Å². The number of halogens is 3. The van der Waals surface area contributed by atoms with Gasteiger partial charge in [0.2, 0.25) is 0 Å². The molecule has 0 amide bonds. The van der Waals surface area contributed by atoms with Crippen molar-refractivity contribution in [3.8, 4) is 0 Å². The van der Waals surface area contributed by atoms with Crippen molar-refractivity contribution in [3.63, 3.8) is 0 Å². The summed E-state index contributed by atoms with van der Waals surface area (Å²) in [6, 6.07) is 12.2. The molecule has 0 radical (unpaired) electrons. The molecule has 0 spiro atoms. The molecule has 8 heteroatoms. The minimum absolute atomic E-state index is 0.0924. The molecular weight excluding hydrogens is 427 g/mol. The van der Waals surface area contributed by atoms with E-state index < -0.39 is 28.7 Å². The van der Waals surface area contributed by atoms with Crippen molar-refractivity contribution in [1.29, 1.82) is 0 Å². The summed E-state index contributed by atoms with van der Waals surface area (Å²) in [5.74, 6) is 0.656. The molecule has 0 aliphatic carbocycles. The highest BCUT2D eigenvalue weighted by Crippen LogP contribution is 2.34. The molecule has 1 aromatic heterocycles. The van der Waals surface area contributed by atoms with Crippen LogP contribution in [0.4, 0.5) is 13.2 Å². The van der Waals surface area contributed by atoms with E-state index in [1.54, 1.807) is 6.07 Å². The third-order valence-corrected chi connectivity index (χ3v) is 7.13. The molecule has 1 aliphatic heterocycles. The van der Waals surface area contributed by atoms with E-state index in [1.165, 1.54) is 12.1 Å². The molecule has 3 aromatic rings. The van der Waals surface area contributed by atoms with Gasteiger partial charge in [0, 0.05) is 24.5 Å². The van der Waals surface area contributed by atoms with Gasteiger partial charge in [-0.05, 0) is 60.6 Å². The molecular formula is C23H22F3NO3S. The lowest BCUT2D eigenvalue weighted by Crippen LogP contribution is -2.37. The second kappa shape index (κ2) is 8.68. The normalized spacial score (nSPS) is 17.2. The fourth-order valence-electron chi connectivity index (χ4n) is 3.81. The van der Waals surface area contributed by atoms with E-state index in [1.807, 2.05) is 28.6 Å². The van der Waals surface area contributed by atoms with Gasteiger partial charge in [0.05, 0.1) is 16.9 Å². The summed E-state index contributed by atoms with van der Waals surface area (Å²) in [4.78, 5) is 12.2. The van der Waals surface area contributed by atoms with Crippen LogP contribution in [0.3, 0.4) is 0 Å². The van der Waals surface area contributed by atoms with Gasteiger partial charge in [-0.2, -0.15) is 13.2 Å². The van der Waals surface area contributed by atoms with Crippen molar-refractivity contribution in [2.24, 2.45) is 5.92 Å². The zero-order valence-electron chi connectivity index (χ0n) is 16.9. The van der Waals surface area contributed by atoms with E-state index in [9.17, 15) is 22.5 Å². The summed E-state index contributed by atoms with van der Waals surface area (Å²) in [6.45, 7) is 3.82. The van der Waals surface area contributed by atoms with E-state index in [0.29, 0.717) is 24.0 Å². The molecule has 4 nitrogen and oxygen atoms in total. The number of fused-ring (bicyclic) bond motifs is 1. The Morgan fingerprint density at radius 2 is 1.71 bits per heavy atom. The predicted octanol–water partition coefficient (Wildman–Crippen LogP) is 5.16. The van der Waals surface area contributed by atoms with Crippen LogP contribution in [0.2, 0.25) is 0 Å². The van der Waals surface area contributed by atoms with Crippen LogP contribution in [0, 0.1) is 5.92 Å². The Kier molecular flexibility index (Phi) is 6.14. The molecule has 4 rings (SSSR count). The van der Waals surface area contributed by atoms with Gasteiger partial charge >= 0.3 is 11.8 Å². The first-order valence-electron chi connectivity index (χ1n) is 10.1. The van der Waals surface area contributed by atoms with Gasteiger partial charge in [0.25, 0.3) is 0 Å². The van der Waals surface area contributed by atoms with Gasteiger partial charge in [-0.1, -0.05) is 25.1 Å². The molecule has 1 aliphatic rings. The molecule has 0 saturated carbocycles. The van der Waals surface area contributed by atoms with E-state index in [2.05, 4.69) is 6.92 Å². The number of piperidine rings is 1. The summed E-state index contributed by atoms with van der Waals surface area (Å²) in [7, 11) is 0. The summed E-state index contributed by atoms with van der Waals surface area (Å²) < 4.78 is 59.7. The van der Waals surface area contributed by atoms with Crippen LogP contribution < -0.4 is 5.63 Å². The van der Waals surface area contributed by atoms with Crippen molar-refractivity contribution >= 4 is 22.3 Å². The topological polar surface area (TPSA) is 56.5 Å². The van der Waals surface area contributed by atoms with Crippen LogP contribution in [0.1, 0.15) is 36.5 Å². The SMILES string of the molecule is CC1CCN([S+]([O-])c2ccc(Cc3ccc4oc(=O)cc(C(F)(F)F)c4c3)cc2)CC1. The molecule has 2 heterocycles. The summed E-state index contributed by atoms with van der Waals surface area (Å²) in [5.41, 5.74) is -0.573. The average Bonchev–Trinajstić information content (AvgIpc) is 2.73. The van der Waals surface area contributed by atoms with Crippen molar-refractivity contribution in [1.82, 2.24) is 4.31 Å². The van der Waals surface area contributed by atoms with Gasteiger partial charge in [-0.3, -0.25) is 0 Å². The molecule has 31 heavy (non-hydrogen) atoms. The van der Waals surface area contributed by atoms with Crippen LogP contribution in [-0.2, 0) is 24.0 Å². The zero-order chi connectivity index (χ0) is 22.2. The Labute approximate surface area is 181 Å². The molecule has 2 aromatic carbocycles. The molecule has 1 unspecified atom stereocenters. The molecule has 1 saturated heterocycles. The Morgan fingerprint density at radius 1 is 1.06 bits per heavy atom. The first-order chi connectivity index (χ1) is 14.7. The van der Waals surface area contributed by atoms with Crippen molar-refractivity contribution in [2.75, 3.05) is 13.1 Å². The van der Waals surface area contributed by atoms with Crippen molar-refractivity contribution in [3.05, 3.63) is 75.6 Å². The zero-order valence-corrected chi connectivity index (χ0v) is 17.8. The van der Waals surface area contributed by atoms with E-state index in [0.717, 1.165) is 36.4 Å². The Bertz CT molecular complexity index is 1120. The average molecular weight is 449 g/mol. The van der Waals surface area contributed by atoms with Crippen LogP contribution in [0.25, 0.3) is 11.0 Å². The first-order valence-corrected chi connectivity index (χ1v) is 11.2. The number of benzene rings is 2. The lowest BCUT2D eigenvalue weighted by molar-refractivity contribution is -0.136. The minimum Gasteiger partial charge on any atom is -0.593 e. The van der Waals surface area contributed by atoms with Gasteiger partial charge in [0.15, 0.2) is 4.90 Å². The fourth-order valence-corrected chi connectivity index (χ4v) is 5.02. The molecule has 164 valence electrons. The molecule has 0 N–H and O–H groups in total. The first kappa shape index (κ1) is 21.9. The second-order valence-electron chi connectivity index (χ2n) is 7.99. The maximum Gasteiger partial charge on any atom is 0.417 e. The summed E-state index contributed by atoms with van der Waals surface area (Å²) >= 11 is -1.21. The second-order valence-corrected chi connectivity index (χ2v) is 9.47. The quantitative estimate of drug-likeness (QED) is 0.408. The largest absolute Gasteiger partial charge is 0.593 e. The molecule has 1 atom stereocenters. The van der Waals surface area contributed by atoms with Gasteiger partial charge < -0.3 is 8.97 Å². The highest BCUT2D eigenvalue weighted by molar-refractivity contribution is 7.89. The van der Waals surface area contributed by atoms with Crippen LogP contribution in [-0.4, -0.2) is 21.9 Å². The monoisotopic (exact) mass is 449 g/mol. The molecule has 1 fully saturated rings. The van der Waals surface area contributed by atoms with E-state index in [4.69, 9.17) is 4.42 Å². The van der Waals surface area contributed by atoms with Crippen LogP contribution in [0.15, 0.2) is 62.6 Å². The number of rotatable bonds is 4. The van der Waals surface area contributed by atoms with Crippen molar-refractivity contribution in [2.45, 2.75) is 37.3 Å². The number of alkyl halides is 3. The Balaban J connectivity index is 1.54. The number of nitrogens with zero attached hydrogens (tertiary/aromatic N) is 1. The van der Waals surface area contributed by atoms with Gasteiger partial charge in [0.1, 0.15) is 5.58 Å². The molecule has 0 bridgehead atoms. The standard InChI is InChI=1S/C23H22F3NO3S/c1-15-8-10-27(11-9-15)31(29)18-5-2-16(3-6-18)12-17-4-7-21-19(13-17)20(23(24,25)26)14-22(28)30-21/h2-7,13-15H,8-12H2,1H3. The maximum absolute atomic E-state index is 13.3. The van der Waals surface area contributed by atoms with Crippen LogP contribution >= 0.6 is 0 Å². The number of hydrogen-bond acceptors (Lipinski definition) is 4. The highest BCUT2D eigenvalue weighted by Gasteiger charge is 2.34.